The van der Waals surface area contributed by atoms with Crippen LogP contribution in [0.3, 0.4) is 0 Å². The van der Waals surface area contributed by atoms with Crippen LogP contribution in [0.2, 0.25) is 0 Å². The van der Waals surface area contributed by atoms with Crippen LogP contribution >= 0.6 is 0 Å². The molecule has 2 aromatic carbocycles. The van der Waals surface area contributed by atoms with Crippen LogP contribution in [0.4, 0.5) is 11.4 Å². The second-order valence-electron chi connectivity index (χ2n) is 6.51. The average Bonchev–Trinajstić information content (AvgIpc) is 3.11. The molecule has 0 atom stereocenters. The van der Waals surface area contributed by atoms with Crippen molar-refractivity contribution in [3.8, 4) is 5.75 Å². The summed E-state index contributed by atoms with van der Waals surface area (Å²) in [6.07, 6.45) is 1.42. The summed E-state index contributed by atoms with van der Waals surface area (Å²) in [6, 6.07) is 14.3. The van der Waals surface area contributed by atoms with Gasteiger partial charge >= 0.3 is 5.97 Å². The molecule has 2 amide bonds. The van der Waals surface area contributed by atoms with E-state index in [1.165, 1.54) is 0 Å². The quantitative estimate of drug-likeness (QED) is 0.744. The number of hydrogen-bond acceptors (Lipinski definition) is 5. The minimum atomic E-state index is -0.625. The van der Waals surface area contributed by atoms with Crippen molar-refractivity contribution >= 4 is 29.2 Å². The van der Waals surface area contributed by atoms with Gasteiger partial charge in [0.1, 0.15) is 5.75 Å². The monoisotopic (exact) mass is 382 g/mol. The van der Waals surface area contributed by atoms with Gasteiger partial charge in [-0.15, -0.1) is 0 Å². The van der Waals surface area contributed by atoms with E-state index >= 15 is 0 Å². The molecule has 1 aliphatic rings. The number of hydrogen-bond donors (Lipinski definition) is 1. The first-order valence-electron chi connectivity index (χ1n) is 9.06. The van der Waals surface area contributed by atoms with Gasteiger partial charge in [-0.1, -0.05) is 12.1 Å². The van der Waals surface area contributed by atoms with Crippen molar-refractivity contribution < 1.29 is 23.9 Å². The number of carbonyl (C=O) groups is 3. The van der Waals surface area contributed by atoms with Gasteiger partial charge in [-0.2, -0.15) is 0 Å². The van der Waals surface area contributed by atoms with Crippen LogP contribution in [0.1, 0.15) is 18.4 Å². The van der Waals surface area contributed by atoms with Gasteiger partial charge in [0.25, 0.3) is 5.91 Å². The Labute approximate surface area is 163 Å². The van der Waals surface area contributed by atoms with Gasteiger partial charge in [0.2, 0.25) is 5.91 Å². The summed E-state index contributed by atoms with van der Waals surface area (Å²) >= 11 is 0. The number of carbonyl (C=O) groups excluding carboxylic acids is 3. The lowest BCUT2D eigenvalue weighted by Crippen LogP contribution is -2.24. The first-order valence-corrected chi connectivity index (χ1v) is 9.06. The molecule has 3 rings (SSSR count). The van der Waals surface area contributed by atoms with E-state index in [0.717, 1.165) is 17.7 Å². The molecule has 1 fully saturated rings. The second-order valence-corrected chi connectivity index (χ2v) is 6.51. The number of aryl methyl sites for hydroxylation is 1. The molecule has 0 aliphatic carbocycles. The summed E-state index contributed by atoms with van der Waals surface area (Å²) in [5, 5.41) is 2.65. The number of esters is 1. The number of rotatable bonds is 7. The highest BCUT2D eigenvalue weighted by Gasteiger charge is 2.21. The third kappa shape index (κ3) is 5.33. The number of anilines is 2. The van der Waals surface area contributed by atoms with Crippen molar-refractivity contribution in [2.24, 2.45) is 0 Å². The fraction of sp³-hybridized carbons (Fsp3) is 0.286. The molecular weight excluding hydrogens is 360 g/mol. The summed E-state index contributed by atoms with van der Waals surface area (Å²) in [5.41, 5.74) is 2.39. The second kappa shape index (κ2) is 9.03. The Morgan fingerprint density at radius 2 is 1.89 bits per heavy atom. The summed E-state index contributed by atoms with van der Waals surface area (Å²) in [6.45, 7) is 1.97. The fourth-order valence-corrected chi connectivity index (χ4v) is 2.88. The molecule has 0 saturated carbocycles. The zero-order chi connectivity index (χ0) is 19.9. The maximum Gasteiger partial charge on any atom is 0.344 e. The van der Waals surface area contributed by atoms with Crippen LogP contribution < -0.4 is 15.0 Å². The van der Waals surface area contributed by atoms with Crippen molar-refractivity contribution in [2.75, 3.05) is 30.0 Å². The van der Waals surface area contributed by atoms with Crippen LogP contribution in [0.5, 0.6) is 5.75 Å². The molecule has 1 saturated heterocycles. The van der Waals surface area contributed by atoms with Gasteiger partial charge < -0.3 is 19.7 Å². The maximum atomic E-state index is 11.9. The molecule has 28 heavy (non-hydrogen) atoms. The Morgan fingerprint density at radius 3 is 2.57 bits per heavy atom. The molecular formula is C21H22N2O5. The van der Waals surface area contributed by atoms with Gasteiger partial charge in [0, 0.05) is 24.3 Å². The van der Waals surface area contributed by atoms with Crippen molar-refractivity contribution in [3.05, 3.63) is 54.1 Å². The van der Waals surface area contributed by atoms with E-state index < -0.39 is 18.5 Å². The van der Waals surface area contributed by atoms with Crippen molar-refractivity contribution in [1.82, 2.24) is 0 Å². The topological polar surface area (TPSA) is 84.9 Å². The average molecular weight is 382 g/mol. The molecule has 0 radical (unpaired) electrons. The first-order chi connectivity index (χ1) is 13.5. The summed E-state index contributed by atoms with van der Waals surface area (Å²) in [4.78, 5) is 37.1. The Bertz CT molecular complexity index is 863. The van der Waals surface area contributed by atoms with Crippen molar-refractivity contribution in [2.45, 2.75) is 19.8 Å². The molecule has 0 aromatic heterocycles. The molecule has 0 unspecified atom stereocenters. The highest BCUT2D eigenvalue weighted by Crippen LogP contribution is 2.23. The number of benzene rings is 2. The molecule has 1 N–H and O–H groups in total. The lowest BCUT2D eigenvalue weighted by Gasteiger charge is -2.16. The van der Waals surface area contributed by atoms with E-state index in [9.17, 15) is 14.4 Å². The molecule has 146 valence electrons. The fourth-order valence-electron chi connectivity index (χ4n) is 2.88. The van der Waals surface area contributed by atoms with Gasteiger partial charge in [-0.25, -0.2) is 4.79 Å². The third-order valence-corrected chi connectivity index (χ3v) is 4.25. The van der Waals surface area contributed by atoms with E-state index in [1.54, 1.807) is 41.3 Å². The Morgan fingerprint density at radius 1 is 1.11 bits per heavy atom. The number of nitrogens with one attached hydrogen (secondary N) is 1. The highest BCUT2D eigenvalue weighted by atomic mass is 16.6. The van der Waals surface area contributed by atoms with Crippen LogP contribution in [0.25, 0.3) is 0 Å². The molecule has 7 heteroatoms. The molecule has 0 spiro atoms. The zero-order valence-corrected chi connectivity index (χ0v) is 15.6. The SMILES string of the molecule is Cc1cccc(OCC(=O)OCC(=O)Nc2ccc(N3CCCC3=O)cc2)c1. The van der Waals surface area contributed by atoms with E-state index in [2.05, 4.69) is 5.32 Å². The Hall–Kier alpha value is -3.35. The molecule has 1 aliphatic heterocycles. The van der Waals surface area contributed by atoms with Gasteiger partial charge in [-0.05, 0) is 55.3 Å². The summed E-state index contributed by atoms with van der Waals surface area (Å²) in [7, 11) is 0. The predicted molar refractivity (Wildman–Crippen MR) is 104 cm³/mol. The summed E-state index contributed by atoms with van der Waals surface area (Å²) in [5.74, 6) is -0.400. The van der Waals surface area contributed by atoms with Crippen LogP contribution in [0, 0.1) is 6.92 Å². The van der Waals surface area contributed by atoms with Gasteiger partial charge in [-0.3, -0.25) is 9.59 Å². The summed E-state index contributed by atoms with van der Waals surface area (Å²) < 4.78 is 10.2. The van der Waals surface area contributed by atoms with Crippen LogP contribution in [-0.4, -0.2) is 37.5 Å². The maximum absolute atomic E-state index is 11.9. The Balaban J connectivity index is 1.41. The minimum absolute atomic E-state index is 0.108. The van der Waals surface area contributed by atoms with Gasteiger partial charge in [0.05, 0.1) is 0 Å². The molecule has 7 nitrogen and oxygen atoms in total. The van der Waals surface area contributed by atoms with Crippen molar-refractivity contribution in [3.63, 3.8) is 0 Å². The van der Waals surface area contributed by atoms with E-state index in [0.29, 0.717) is 24.4 Å². The third-order valence-electron chi connectivity index (χ3n) is 4.25. The van der Waals surface area contributed by atoms with E-state index in [4.69, 9.17) is 9.47 Å². The van der Waals surface area contributed by atoms with Crippen LogP contribution in [0.15, 0.2) is 48.5 Å². The van der Waals surface area contributed by atoms with Crippen molar-refractivity contribution in [1.29, 1.82) is 0 Å². The largest absolute Gasteiger partial charge is 0.482 e. The molecule has 1 heterocycles. The lowest BCUT2D eigenvalue weighted by molar-refractivity contribution is -0.149. The predicted octanol–water partition coefficient (Wildman–Crippen LogP) is 2.68. The smallest absolute Gasteiger partial charge is 0.344 e. The highest BCUT2D eigenvalue weighted by molar-refractivity contribution is 5.96. The van der Waals surface area contributed by atoms with Crippen LogP contribution in [-0.2, 0) is 19.1 Å². The van der Waals surface area contributed by atoms with Gasteiger partial charge in [0.15, 0.2) is 13.2 Å². The molecule has 0 bridgehead atoms. The number of amides is 2. The zero-order valence-electron chi connectivity index (χ0n) is 15.6. The standard InChI is InChI=1S/C21H22N2O5/c1-15-4-2-5-18(12-15)27-14-21(26)28-13-19(24)22-16-7-9-17(10-8-16)23-11-3-6-20(23)25/h2,4-5,7-10,12H,3,6,11,13-14H2,1H3,(H,22,24). The van der Waals surface area contributed by atoms with E-state index in [1.807, 2.05) is 19.1 Å². The first kappa shape index (κ1) is 19.4. The minimum Gasteiger partial charge on any atom is -0.482 e. The van der Waals surface area contributed by atoms with E-state index in [-0.39, 0.29) is 12.5 Å². The normalized spacial score (nSPS) is 13.3. The number of ether oxygens (including phenoxy) is 2. The lowest BCUT2D eigenvalue weighted by atomic mass is 10.2. The number of nitrogens with zero attached hydrogens (tertiary/aromatic N) is 1. The molecule has 2 aromatic rings. The Kier molecular flexibility index (Phi) is 6.26.